The fraction of sp³-hybridized carbons (Fsp3) is 0.438. The van der Waals surface area contributed by atoms with Crippen LogP contribution in [0.5, 0.6) is 0 Å². The van der Waals surface area contributed by atoms with Gasteiger partial charge in [0.1, 0.15) is 0 Å². The van der Waals surface area contributed by atoms with E-state index < -0.39 is 47.8 Å². The molecule has 0 unspecified atom stereocenters. The number of likely N-dealkylation sites (tertiary alicyclic amines) is 1. The molecule has 3 rings (SSSR count). The molecule has 2 aliphatic heterocycles. The first-order chi connectivity index (χ1) is 11.4. The molecular formula is C16H17ClN2O5. The molecule has 2 saturated heterocycles. The summed E-state index contributed by atoms with van der Waals surface area (Å²) in [7, 11) is 2.55. The van der Waals surface area contributed by atoms with Gasteiger partial charge in [0.25, 0.3) is 0 Å². The number of carbonyl (C=O) groups excluding carboxylic acids is 3. The van der Waals surface area contributed by atoms with Crippen molar-refractivity contribution < 1.29 is 24.2 Å². The van der Waals surface area contributed by atoms with Crippen LogP contribution in [0.2, 0.25) is 5.02 Å². The highest BCUT2D eigenvalue weighted by atomic mass is 35.5. The van der Waals surface area contributed by atoms with Gasteiger partial charge in [0, 0.05) is 18.1 Å². The average molecular weight is 353 g/mol. The Morgan fingerprint density at radius 3 is 2.50 bits per heavy atom. The predicted octanol–water partition coefficient (Wildman–Crippen LogP) is 0.119. The molecule has 8 heteroatoms. The van der Waals surface area contributed by atoms with Crippen LogP contribution in [0, 0.1) is 11.8 Å². The monoisotopic (exact) mass is 352 g/mol. The number of amides is 2. The Balaban J connectivity index is 2.12. The molecule has 0 bridgehead atoms. The standard InChI is InChI=1S/C16H17ClN2O5/c1-19-13(21)10-11(14(19)22)16(7-20,15(23)24-2)18-12(10)8-3-5-9(17)6-4-8/h3-6,10-12,18,20H,7H2,1-2H3/t10-,11+,12+,16+/m0/s1. The Kier molecular flexibility index (Phi) is 4.11. The Morgan fingerprint density at radius 1 is 1.33 bits per heavy atom. The van der Waals surface area contributed by atoms with Crippen LogP contribution in [0.4, 0.5) is 0 Å². The summed E-state index contributed by atoms with van der Waals surface area (Å²) in [4.78, 5) is 38.5. The molecule has 0 aliphatic carbocycles. The summed E-state index contributed by atoms with van der Waals surface area (Å²) in [5.74, 6) is -3.49. The van der Waals surface area contributed by atoms with Crippen molar-refractivity contribution in [1.82, 2.24) is 10.2 Å². The predicted molar refractivity (Wildman–Crippen MR) is 83.9 cm³/mol. The number of hydrogen-bond acceptors (Lipinski definition) is 6. The number of benzene rings is 1. The average Bonchev–Trinajstić information content (AvgIpc) is 3.05. The van der Waals surface area contributed by atoms with Crippen molar-refractivity contribution in [3.8, 4) is 0 Å². The Morgan fingerprint density at radius 2 is 1.96 bits per heavy atom. The Hall–Kier alpha value is -1.96. The molecular weight excluding hydrogens is 336 g/mol. The third-order valence-corrected chi connectivity index (χ3v) is 5.15. The summed E-state index contributed by atoms with van der Waals surface area (Å²) < 4.78 is 4.79. The summed E-state index contributed by atoms with van der Waals surface area (Å²) in [5.41, 5.74) is -0.952. The summed E-state index contributed by atoms with van der Waals surface area (Å²) >= 11 is 5.90. The molecule has 128 valence electrons. The molecule has 0 aromatic heterocycles. The summed E-state index contributed by atoms with van der Waals surface area (Å²) in [6.45, 7) is -0.655. The summed E-state index contributed by atoms with van der Waals surface area (Å²) in [5, 5.41) is 13.4. The number of fused-ring (bicyclic) bond motifs is 1. The second kappa shape index (κ2) is 5.84. The Bertz CT molecular complexity index is 707. The van der Waals surface area contributed by atoms with Crippen LogP contribution in [0.1, 0.15) is 11.6 Å². The molecule has 2 fully saturated rings. The second-order valence-corrected chi connectivity index (χ2v) is 6.47. The van der Waals surface area contributed by atoms with E-state index in [0.29, 0.717) is 10.6 Å². The molecule has 0 radical (unpaired) electrons. The smallest absolute Gasteiger partial charge is 0.329 e. The van der Waals surface area contributed by atoms with E-state index in [1.807, 2.05) is 0 Å². The SMILES string of the molecule is COC(=O)[C@]1(CO)N[C@H](c2ccc(Cl)cc2)[C@H]2C(=O)N(C)C(=O)[C@@H]21. The van der Waals surface area contributed by atoms with E-state index in [2.05, 4.69) is 5.32 Å². The van der Waals surface area contributed by atoms with Crippen LogP contribution in [-0.4, -0.2) is 54.1 Å². The van der Waals surface area contributed by atoms with E-state index in [4.69, 9.17) is 16.3 Å². The number of halogens is 1. The van der Waals surface area contributed by atoms with Crippen molar-refractivity contribution in [2.75, 3.05) is 20.8 Å². The first kappa shape index (κ1) is 16.9. The normalized spacial score (nSPS) is 32.2. The topological polar surface area (TPSA) is 95.9 Å². The molecule has 1 aromatic carbocycles. The van der Waals surface area contributed by atoms with Gasteiger partial charge >= 0.3 is 5.97 Å². The first-order valence-electron chi connectivity index (χ1n) is 7.41. The van der Waals surface area contributed by atoms with Crippen molar-refractivity contribution >= 4 is 29.4 Å². The van der Waals surface area contributed by atoms with Gasteiger partial charge in [0.05, 0.1) is 25.6 Å². The van der Waals surface area contributed by atoms with Gasteiger partial charge in [-0.2, -0.15) is 0 Å². The summed E-state index contributed by atoms with van der Waals surface area (Å²) in [6, 6.07) is 6.15. The van der Waals surface area contributed by atoms with Crippen LogP contribution < -0.4 is 5.32 Å². The van der Waals surface area contributed by atoms with E-state index in [1.165, 1.54) is 14.2 Å². The maximum absolute atomic E-state index is 12.6. The van der Waals surface area contributed by atoms with Crippen LogP contribution in [0.25, 0.3) is 0 Å². The Labute approximate surface area is 143 Å². The minimum Gasteiger partial charge on any atom is -0.468 e. The van der Waals surface area contributed by atoms with Crippen molar-refractivity contribution in [1.29, 1.82) is 0 Å². The zero-order chi connectivity index (χ0) is 17.6. The lowest BCUT2D eigenvalue weighted by Gasteiger charge is -2.29. The second-order valence-electron chi connectivity index (χ2n) is 6.03. The van der Waals surface area contributed by atoms with Gasteiger partial charge in [-0.15, -0.1) is 0 Å². The van der Waals surface area contributed by atoms with Gasteiger partial charge in [-0.25, -0.2) is 4.79 Å². The third-order valence-electron chi connectivity index (χ3n) is 4.90. The van der Waals surface area contributed by atoms with Crippen LogP contribution in [0.15, 0.2) is 24.3 Å². The minimum atomic E-state index is -1.65. The van der Waals surface area contributed by atoms with E-state index in [9.17, 15) is 19.5 Å². The minimum absolute atomic E-state index is 0.392. The first-order valence-corrected chi connectivity index (χ1v) is 7.79. The summed E-state index contributed by atoms with van der Waals surface area (Å²) in [6.07, 6.45) is 0. The van der Waals surface area contributed by atoms with Gasteiger partial charge in [0.15, 0.2) is 5.54 Å². The molecule has 2 N–H and O–H groups in total. The molecule has 1 aromatic rings. The van der Waals surface area contributed by atoms with Crippen molar-refractivity contribution in [2.45, 2.75) is 11.6 Å². The molecule has 0 spiro atoms. The molecule has 4 atom stereocenters. The van der Waals surface area contributed by atoms with Crippen LogP contribution >= 0.6 is 11.6 Å². The zero-order valence-corrected chi connectivity index (χ0v) is 13.9. The number of imide groups is 1. The lowest BCUT2D eigenvalue weighted by atomic mass is 9.79. The number of hydrogen-bond donors (Lipinski definition) is 2. The van der Waals surface area contributed by atoms with Crippen molar-refractivity contribution in [2.24, 2.45) is 11.8 Å². The fourth-order valence-electron chi connectivity index (χ4n) is 3.68. The number of methoxy groups -OCH3 is 1. The number of nitrogens with zero attached hydrogens (tertiary/aromatic N) is 1. The van der Waals surface area contributed by atoms with E-state index in [0.717, 1.165) is 4.90 Å². The number of ether oxygens (including phenoxy) is 1. The molecule has 7 nitrogen and oxygen atoms in total. The number of aliphatic hydroxyl groups is 1. The zero-order valence-electron chi connectivity index (χ0n) is 13.2. The molecule has 2 amide bonds. The van der Waals surface area contributed by atoms with Gasteiger partial charge in [0.2, 0.25) is 11.8 Å². The highest BCUT2D eigenvalue weighted by Crippen LogP contribution is 2.48. The van der Waals surface area contributed by atoms with Gasteiger partial charge in [-0.1, -0.05) is 23.7 Å². The number of esters is 1. The van der Waals surface area contributed by atoms with E-state index in [1.54, 1.807) is 24.3 Å². The lowest BCUT2D eigenvalue weighted by Crippen LogP contribution is -2.58. The van der Waals surface area contributed by atoms with E-state index >= 15 is 0 Å². The largest absolute Gasteiger partial charge is 0.468 e. The molecule has 2 heterocycles. The van der Waals surface area contributed by atoms with Gasteiger partial charge in [-0.3, -0.25) is 19.8 Å². The van der Waals surface area contributed by atoms with Crippen molar-refractivity contribution in [3.05, 3.63) is 34.9 Å². The quantitative estimate of drug-likeness (QED) is 0.592. The molecule has 2 aliphatic rings. The van der Waals surface area contributed by atoms with Gasteiger partial charge in [-0.05, 0) is 17.7 Å². The van der Waals surface area contributed by atoms with Crippen LogP contribution in [0.3, 0.4) is 0 Å². The maximum atomic E-state index is 12.6. The fourth-order valence-corrected chi connectivity index (χ4v) is 3.81. The number of carbonyl (C=O) groups is 3. The molecule has 24 heavy (non-hydrogen) atoms. The number of aliphatic hydroxyl groups excluding tert-OH is 1. The lowest BCUT2D eigenvalue weighted by molar-refractivity contribution is -0.156. The molecule has 0 saturated carbocycles. The third kappa shape index (κ3) is 2.16. The van der Waals surface area contributed by atoms with Gasteiger partial charge < -0.3 is 9.84 Å². The van der Waals surface area contributed by atoms with Crippen LogP contribution in [-0.2, 0) is 19.1 Å². The van der Waals surface area contributed by atoms with Crippen molar-refractivity contribution in [3.63, 3.8) is 0 Å². The highest BCUT2D eigenvalue weighted by Gasteiger charge is 2.68. The number of nitrogens with one attached hydrogen (secondary N) is 1. The highest BCUT2D eigenvalue weighted by molar-refractivity contribution is 6.30. The number of rotatable bonds is 3. The van der Waals surface area contributed by atoms with E-state index in [-0.39, 0.29) is 0 Å². The maximum Gasteiger partial charge on any atom is 0.329 e.